The average molecular weight is 401 g/mol. The fourth-order valence-corrected chi connectivity index (χ4v) is 3.80. The van der Waals surface area contributed by atoms with E-state index in [0.717, 1.165) is 26.9 Å². The van der Waals surface area contributed by atoms with Crippen LogP contribution in [0.5, 0.6) is 0 Å². The Morgan fingerprint density at radius 1 is 1.26 bits per heavy atom. The Hall–Kier alpha value is -2.70. The minimum atomic E-state index is -0.610. The van der Waals surface area contributed by atoms with Crippen molar-refractivity contribution >= 4 is 56.2 Å². The van der Waals surface area contributed by atoms with E-state index in [2.05, 4.69) is 10.3 Å². The van der Waals surface area contributed by atoms with Gasteiger partial charge < -0.3 is 4.74 Å². The van der Waals surface area contributed by atoms with E-state index in [0.29, 0.717) is 10.2 Å². The number of thiazole rings is 1. The summed E-state index contributed by atoms with van der Waals surface area (Å²) < 4.78 is 5.95. The van der Waals surface area contributed by atoms with Crippen molar-refractivity contribution in [1.29, 1.82) is 0 Å². The van der Waals surface area contributed by atoms with Crippen molar-refractivity contribution in [2.75, 3.05) is 11.9 Å². The molecule has 0 radical (unpaired) electrons. The third-order valence-electron chi connectivity index (χ3n) is 3.68. The molecule has 5 nitrogen and oxygen atoms in total. The van der Waals surface area contributed by atoms with Gasteiger partial charge in [0.15, 0.2) is 11.7 Å². The second-order valence-corrected chi connectivity index (χ2v) is 7.46. The first-order valence-electron chi connectivity index (χ1n) is 8.19. The number of hydrogen-bond donors (Lipinski definition) is 1. The quantitative estimate of drug-likeness (QED) is 0.495. The third-order valence-corrected chi connectivity index (χ3v) is 4.84. The number of anilines is 1. The standard InChI is InChI=1S/C20H17ClN2O3S/c1-12-8-13(2)19-16(9-12)27-20(23-19)22-17(24)11-26-18(25)7-6-14-4-3-5-15(21)10-14/h3-10H,11H2,1-2H3,(H,22,23,24)/b7-6+. The highest BCUT2D eigenvalue weighted by Gasteiger charge is 2.11. The van der Waals surface area contributed by atoms with Crippen molar-refractivity contribution < 1.29 is 14.3 Å². The first-order valence-corrected chi connectivity index (χ1v) is 9.38. The summed E-state index contributed by atoms with van der Waals surface area (Å²) in [5.74, 6) is -1.05. The number of ether oxygens (including phenoxy) is 1. The summed E-state index contributed by atoms with van der Waals surface area (Å²) in [5, 5.41) is 3.72. The molecule has 1 amide bonds. The average Bonchev–Trinajstić information content (AvgIpc) is 3.01. The molecular weight excluding hydrogens is 384 g/mol. The lowest BCUT2D eigenvalue weighted by Gasteiger charge is -2.02. The fourth-order valence-electron chi connectivity index (χ4n) is 2.54. The predicted molar refractivity (Wildman–Crippen MR) is 109 cm³/mol. The zero-order chi connectivity index (χ0) is 19.4. The maximum absolute atomic E-state index is 12.0. The van der Waals surface area contributed by atoms with E-state index in [1.807, 2.05) is 26.0 Å². The van der Waals surface area contributed by atoms with Gasteiger partial charge in [-0.05, 0) is 54.8 Å². The van der Waals surface area contributed by atoms with Crippen LogP contribution in [-0.4, -0.2) is 23.5 Å². The zero-order valence-corrected chi connectivity index (χ0v) is 16.4. The smallest absolute Gasteiger partial charge is 0.331 e. The van der Waals surface area contributed by atoms with Gasteiger partial charge in [0.25, 0.3) is 5.91 Å². The number of rotatable bonds is 5. The molecule has 0 aliphatic rings. The van der Waals surface area contributed by atoms with Crippen LogP contribution in [0.15, 0.2) is 42.5 Å². The number of carbonyl (C=O) groups excluding carboxylic acids is 2. The molecule has 2 aromatic carbocycles. The van der Waals surface area contributed by atoms with Crippen LogP contribution in [0, 0.1) is 13.8 Å². The molecule has 0 aliphatic carbocycles. The Bertz CT molecular complexity index is 1040. The lowest BCUT2D eigenvalue weighted by Crippen LogP contribution is -2.20. The summed E-state index contributed by atoms with van der Waals surface area (Å²) in [6.07, 6.45) is 2.83. The van der Waals surface area contributed by atoms with E-state index in [9.17, 15) is 9.59 Å². The monoisotopic (exact) mass is 400 g/mol. The molecule has 0 saturated heterocycles. The van der Waals surface area contributed by atoms with Crippen molar-refractivity contribution in [2.45, 2.75) is 13.8 Å². The summed E-state index contributed by atoms with van der Waals surface area (Å²) >= 11 is 7.27. The molecular formula is C20H17ClN2O3S. The molecule has 7 heteroatoms. The number of benzene rings is 2. The molecule has 0 aliphatic heterocycles. The first-order chi connectivity index (χ1) is 12.9. The van der Waals surface area contributed by atoms with Gasteiger partial charge in [-0.2, -0.15) is 0 Å². The highest BCUT2D eigenvalue weighted by atomic mass is 35.5. The van der Waals surface area contributed by atoms with E-state index in [4.69, 9.17) is 16.3 Å². The zero-order valence-electron chi connectivity index (χ0n) is 14.8. The number of amides is 1. The van der Waals surface area contributed by atoms with Crippen LogP contribution in [0.25, 0.3) is 16.3 Å². The first kappa shape index (κ1) is 19.1. The molecule has 0 atom stereocenters. The Labute approximate surface area is 165 Å². The molecule has 0 saturated carbocycles. The van der Waals surface area contributed by atoms with Crippen molar-refractivity contribution in [3.63, 3.8) is 0 Å². The molecule has 0 spiro atoms. The van der Waals surface area contributed by atoms with Gasteiger partial charge in [-0.15, -0.1) is 0 Å². The lowest BCUT2D eigenvalue weighted by molar-refractivity contribution is -0.142. The number of nitrogens with zero attached hydrogens (tertiary/aromatic N) is 1. The van der Waals surface area contributed by atoms with Gasteiger partial charge in [0.1, 0.15) is 0 Å². The SMILES string of the molecule is Cc1cc(C)c2nc(NC(=O)COC(=O)/C=C/c3cccc(Cl)c3)sc2c1. The molecule has 0 unspecified atom stereocenters. The number of carbonyl (C=O) groups is 2. The number of aromatic nitrogens is 1. The lowest BCUT2D eigenvalue weighted by atomic mass is 10.1. The van der Waals surface area contributed by atoms with Crippen LogP contribution < -0.4 is 5.32 Å². The highest BCUT2D eigenvalue weighted by molar-refractivity contribution is 7.22. The van der Waals surface area contributed by atoms with Crippen molar-refractivity contribution in [2.24, 2.45) is 0 Å². The molecule has 1 heterocycles. The molecule has 1 aromatic heterocycles. The molecule has 0 fully saturated rings. The van der Waals surface area contributed by atoms with Gasteiger partial charge in [-0.1, -0.05) is 41.1 Å². The molecule has 3 aromatic rings. The van der Waals surface area contributed by atoms with E-state index >= 15 is 0 Å². The molecule has 3 rings (SSSR count). The fraction of sp³-hybridized carbons (Fsp3) is 0.150. The largest absolute Gasteiger partial charge is 0.452 e. The van der Waals surface area contributed by atoms with Gasteiger partial charge >= 0.3 is 5.97 Å². The van der Waals surface area contributed by atoms with E-state index in [1.165, 1.54) is 17.4 Å². The van der Waals surface area contributed by atoms with Crippen LogP contribution in [-0.2, 0) is 14.3 Å². The Kier molecular flexibility index (Phi) is 5.88. The summed E-state index contributed by atoms with van der Waals surface area (Å²) in [6.45, 7) is 3.61. The van der Waals surface area contributed by atoms with Crippen LogP contribution in [0.4, 0.5) is 5.13 Å². The minimum absolute atomic E-state index is 0.382. The number of nitrogens with one attached hydrogen (secondary N) is 1. The predicted octanol–water partition coefficient (Wildman–Crippen LogP) is 4.76. The molecule has 0 bridgehead atoms. The molecule has 27 heavy (non-hydrogen) atoms. The second kappa shape index (κ2) is 8.33. The van der Waals surface area contributed by atoms with Crippen molar-refractivity contribution in [3.8, 4) is 0 Å². The number of halogens is 1. The Morgan fingerprint density at radius 2 is 2.07 bits per heavy atom. The van der Waals surface area contributed by atoms with Gasteiger partial charge in [0.2, 0.25) is 0 Å². The van der Waals surface area contributed by atoms with Crippen LogP contribution in [0.2, 0.25) is 5.02 Å². The molecule has 1 N–H and O–H groups in total. The van der Waals surface area contributed by atoms with Crippen LogP contribution in [0.1, 0.15) is 16.7 Å². The van der Waals surface area contributed by atoms with Crippen LogP contribution >= 0.6 is 22.9 Å². The number of esters is 1. The van der Waals surface area contributed by atoms with E-state index < -0.39 is 11.9 Å². The van der Waals surface area contributed by atoms with Gasteiger partial charge in [0, 0.05) is 11.1 Å². The Balaban J connectivity index is 1.55. The van der Waals surface area contributed by atoms with E-state index in [-0.39, 0.29) is 6.61 Å². The maximum Gasteiger partial charge on any atom is 0.331 e. The summed E-state index contributed by atoms with van der Waals surface area (Å²) in [6, 6.07) is 11.1. The third kappa shape index (κ3) is 5.15. The Morgan fingerprint density at radius 3 is 2.85 bits per heavy atom. The maximum atomic E-state index is 12.0. The highest BCUT2D eigenvalue weighted by Crippen LogP contribution is 2.29. The summed E-state index contributed by atoms with van der Waals surface area (Å²) in [5.41, 5.74) is 3.83. The number of fused-ring (bicyclic) bond motifs is 1. The van der Waals surface area contributed by atoms with Crippen molar-refractivity contribution in [3.05, 3.63) is 64.2 Å². The van der Waals surface area contributed by atoms with Gasteiger partial charge in [0.05, 0.1) is 10.2 Å². The topological polar surface area (TPSA) is 68.3 Å². The van der Waals surface area contributed by atoms with Crippen LogP contribution in [0.3, 0.4) is 0 Å². The number of aryl methyl sites for hydroxylation is 2. The minimum Gasteiger partial charge on any atom is -0.452 e. The summed E-state index contributed by atoms with van der Waals surface area (Å²) in [7, 11) is 0. The van der Waals surface area contributed by atoms with Gasteiger partial charge in [-0.25, -0.2) is 9.78 Å². The van der Waals surface area contributed by atoms with Crippen molar-refractivity contribution in [1.82, 2.24) is 4.98 Å². The molecule has 138 valence electrons. The van der Waals surface area contributed by atoms with Gasteiger partial charge in [-0.3, -0.25) is 10.1 Å². The summed E-state index contributed by atoms with van der Waals surface area (Å²) in [4.78, 5) is 28.2. The van der Waals surface area contributed by atoms with E-state index in [1.54, 1.807) is 30.3 Å². The normalized spacial score (nSPS) is 11.1. The number of hydrogen-bond acceptors (Lipinski definition) is 5. The second-order valence-electron chi connectivity index (χ2n) is 5.99.